The van der Waals surface area contributed by atoms with E-state index in [4.69, 9.17) is 9.47 Å². The van der Waals surface area contributed by atoms with Gasteiger partial charge >= 0.3 is 0 Å². The topological polar surface area (TPSA) is 50.7 Å². The minimum atomic E-state index is -0.608. The SMILES string of the molecule is COc1cc(OC)cc(C(O)CNC2CCc3ccc(C)cc32)c1. The maximum absolute atomic E-state index is 10.5. The van der Waals surface area contributed by atoms with Crippen molar-refractivity contribution in [3.05, 3.63) is 58.7 Å². The van der Waals surface area contributed by atoms with Gasteiger partial charge in [0.05, 0.1) is 20.3 Å². The van der Waals surface area contributed by atoms with Crippen molar-refractivity contribution in [1.82, 2.24) is 5.32 Å². The second-order valence-corrected chi connectivity index (χ2v) is 6.36. The van der Waals surface area contributed by atoms with Gasteiger partial charge in [0.1, 0.15) is 11.5 Å². The van der Waals surface area contributed by atoms with Crippen molar-refractivity contribution in [2.45, 2.75) is 31.9 Å². The average molecular weight is 327 g/mol. The van der Waals surface area contributed by atoms with E-state index in [-0.39, 0.29) is 0 Å². The Labute approximate surface area is 143 Å². The Morgan fingerprint density at radius 1 is 1.12 bits per heavy atom. The van der Waals surface area contributed by atoms with Gasteiger partial charge in [0, 0.05) is 18.7 Å². The lowest BCUT2D eigenvalue weighted by atomic mass is 10.0. The molecule has 4 heteroatoms. The van der Waals surface area contributed by atoms with Gasteiger partial charge in [0.2, 0.25) is 0 Å². The number of hydrogen-bond donors (Lipinski definition) is 2. The molecule has 2 aromatic carbocycles. The van der Waals surface area contributed by atoms with Gasteiger partial charge in [-0.2, -0.15) is 0 Å². The second kappa shape index (κ2) is 7.24. The van der Waals surface area contributed by atoms with E-state index in [2.05, 4.69) is 30.4 Å². The van der Waals surface area contributed by atoms with Crippen molar-refractivity contribution in [2.75, 3.05) is 20.8 Å². The fourth-order valence-electron chi connectivity index (χ4n) is 3.33. The van der Waals surface area contributed by atoms with E-state index in [1.165, 1.54) is 16.7 Å². The van der Waals surface area contributed by atoms with Crippen molar-refractivity contribution in [2.24, 2.45) is 0 Å². The van der Waals surface area contributed by atoms with Gasteiger partial charge in [-0.05, 0) is 48.6 Å². The van der Waals surface area contributed by atoms with Crippen LogP contribution in [0.1, 0.15) is 40.8 Å². The van der Waals surface area contributed by atoms with E-state index >= 15 is 0 Å². The molecular weight excluding hydrogens is 302 g/mol. The highest BCUT2D eigenvalue weighted by Crippen LogP contribution is 2.32. The standard InChI is InChI=1S/C20H25NO3/c1-13-4-5-14-6-7-19(18(14)8-13)21-12-20(22)15-9-16(23-2)11-17(10-15)24-3/h4-5,8-11,19-22H,6-7,12H2,1-3H3. The zero-order valence-corrected chi connectivity index (χ0v) is 14.5. The Hall–Kier alpha value is -2.04. The van der Waals surface area contributed by atoms with Gasteiger partial charge in [-0.3, -0.25) is 0 Å². The predicted molar refractivity (Wildman–Crippen MR) is 94.7 cm³/mol. The molecule has 0 bridgehead atoms. The lowest BCUT2D eigenvalue weighted by Gasteiger charge is -2.19. The molecule has 4 nitrogen and oxygen atoms in total. The minimum Gasteiger partial charge on any atom is -0.497 e. The summed E-state index contributed by atoms with van der Waals surface area (Å²) in [5.41, 5.74) is 4.85. The highest BCUT2D eigenvalue weighted by molar-refractivity contribution is 5.40. The monoisotopic (exact) mass is 327 g/mol. The van der Waals surface area contributed by atoms with E-state index in [0.29, 0.717) is 24.1 Å². The molecule has 3 rings (SSSR count). The molecule has 0 aliphatic heterocycles. The van der Waals surface area contributed by atoms with Crippen LogP contribution >= 0.6 is 0 Å². The predicted octanol–water partition coefficient (Wildman–Crippen LogP) is 3.32. The lowest BCUT2D eigenvalue weighted by molar-refractivity contribution is 0.169. The molecule has 128 valence electrons. The van der Waals surface area contributed by atoms with Crippen LogP contribution in [0, 0.1) is 6.92 Å². The summed E-state index contributed by atoms with van der Waals surface area (Å²) >= 11 is 0. The highest BCUT2D eigenvalue weighted by atomic mass is 16.5. The highest BCUT2D eigenvalue weighted by Gasteiger charge is 2.23. The third-order valence-corrected chi connectivity index (χ3v) is 4.70. The molecule has 0 saturated carbocycles. The van der Waals surface area contributed by atoms with Gasteiger partial charge in [0.15, 0.2) is 0 Å². The number of hydrogen-bond acceptors (Lipinski definition) is 4. The van der Waals surface area contributed by atoms with Crippen molar-refractivity contribution in [3.8, 4) is 11.5 Å². The number of aryl methyl sites for hydroxylation is 2. The van der Waals surface area contributed by atoms with Gasteiger partial charge < -0.3 is 19.9 Å². The van der Waals surface area contributed by atoms with Crippen molar-refractivity contribution in [3.63, 3.8) is 0 Å². The summed E-state index contributed by atoms with van der Waals surface area (Å²) in [6.07, 6.45) is 1.56. The molecule has 1 aliphatic rings. The van der Waals surface area contributed by atoms with Crippen LogP contribution in [-0.4, -0.2) is 25.9 Å². The number of fused-ring (bicyclic) bond motifs is 1. The number of rotatable bonds is 6. The van der Waals surface area contributed by atoms with Crippen LogP contribution in [-0.2, 0) is 6.42 Å². The Kier molecular flexibility index (Phi) is 5.07. The Morgan fingerprint density at radius 3 is 2.50 bits per heavy atom. The average Bonchev–Trinajstić information content (AvgIpc) is 3.01. The van der Waals surface area contributed by atoms with Crippen molar-refractivity contribution < 1.29 is 14.6 Å². The molecule has 24 heavy (non-hydrogen) atoms. The number of aliphatic hydroxyl groups is 1. The summed E-state index contributed by atoms with van der Waals surface area (Å²) in [6, 6.07) is 12.4. The normalized spacial score (nSPS) is 17.4. The van der Waals surface area contributed by atoms with Gasteiger partial charge in [-0.1, -0.05) is 23.8 Å². The summed E-state index contributed by atoms with van der Waals surface area (Å²) in [6.45, 7) is 2.61. The first kappa shape index (κ1) is 16.8. The first-order valence-corrected chi connectivity index (χ1v) is 8.34. The molecule has 2 aromatic rings. The van der Waals surface area contributed by atoms with E-state index in [9.17, 15) is 5.11 Å². The fourth-order valence-corrected chi connectivity index (χ4v) is 3.33. The van der Waals surface area contributed by atoms with Gasteiger partial charge in [-0.25, -0.2) is 0 Å². The fraction of sp³-hybridized carbons (Fsp3) is 0.400. The van der Waals surface area contributed by atoms with Crippen LogP contribution in [0.25, 0.3) is 0 Å². The first-order valence-electron chi connectivity index (χ1n) is 8.34. The Morgan fingerprint density at radius 2 is 1.83 bits per heavy atom. The molecule has 0 saturated heterocycles. The van der Waals surface area contributed by atoms with E-state index < -0.39 is 6.10 Å². The van der Waals surface area contributed by atoms with Crippen LogP contribution in [0.3, 0.4) is 0 Å². The molecule has 2 N–H and O–H groups in total. The molecule has 0 fully saturated rings. The molecule has 0 amide bonds. The Bertz CT molecular complexity index is 692. The number of aliphatic hydroxyl groups excluding tert-OH is 1. The maximum atomic E-state index is 10.5. The second-order valence-electron chi connectivity index (χ2n) is 6.36. The van der Waals surface area contributed by atoms with Crippen molar-refractivity contribution >= 4 is 0 Å². The number of nitrogens with one attached hydrogen (secondary N) is 1. The summed E-state index contributed by atoms with van der Waals surface area (Å²) < 4.78 is 10.5. The maximum Gasteiger partial charge on any atom is 0.122 e. The zero-order valence-electron chi connectivity index (χ0n) is 14.5. The molecule has 2 atom stereocenters. The van der Waals surface area contributed by atoms with Crippen LogP contribution in [0.15, 0.2) is 36.4 Å². The van der Waals surface area contributed by atoms with Crippen LogP contribution in [0.4, 0.5) is 0 Å². The quantitative estimate of drug-likeness (QED) is 0.854. The van der Waals surface area contributed by atoms with Crippen LogP contribution in [0.5, 0.6) is 11.5 Å². The molecule has 0 radical (unpaired) electrons. The molecule has 1 aliphatic carbocycles. The number of methoxy groups -OCH3 is 2. The zero-order chi connectivity index (χ0) is 17.1. The molecule has 0 heterocycles. The van der Waals surface area contributed by atoms with Crippen LogP contribution in [0.2, 0.25) is 0 Å². The van der Waals surface area contributed by atoms with E-state index in [1.807, 2.05) is 12.1 Å². The summed E-state index contributed by atoms with van der Waals surface area (Å²) in [5.74, 6) is 1.37. The smallest absolute Gasteiger partial charge is 0.122 e. The van der Waals surface area contributed by atoms with Gasteiger partial charge in [0.25, 0.3) is 0 Å². The number of ether oxygens (including phenoxy) is 2. The summed E-state index contributed by atoms with van der Waals surface area (Å²) in [7, 11) is 3.22. The van der Waals surface area contributed by atoms with Crippen molar-refractivity contribution in [1.29, 1.82) is 0 Å². The molecule has 0 spiro atoms. The third-order valence-electron chi connectivity index (χ3n) is 4.70. The van der Waals surface area contributed by atoms with E-state index in [0.717, 1.165) is 18.4 Å². The first-order chi connectivity index (χ1) is 11.6. The number of benzene rings is 2. The van der Waals surface area contributed by atoms with E-state index in [1.54, 1.807) is 20.3 Å². The third kappa shape index (κ3) is 3.55. The Balaban J connectivity index is 1.69. The molecular formula is C20H25NO3. The summed E-state index contributed by atoms with van der Waals surface area (Å²) in [4.78, 5) is 0. The molecule has 0 aromatic heterocycles. The lowest BCUT2D eigenvalue weighted by Crippen LogP contribution is -2.25. The minimum absolute atomic E-state index is 0.307. The summed E-state index contributed by atoms with van der Waals surface area (Å²) in [5, 5.41) is 14.1. The largest absolute Gasteiger partial charge is 0.497 e. The molecule has 2 unspecified atom stereocenters. The van der Waals surface area contributed by atoms with Crippen LogP contribution < -0.4 is 14.8 Å². The van der Waals surface area contributed by atoms with Gasteiger partial charge in [-0.15, -0.1) is 0 Å².